The van der Waals surface area contributed by atoms with Crippen LogP contribution in [0.5, 0.6) is 5.75 Å². The molecule has 1 aliphatic carbocycles. The van der Waals surface area contributed by atoms with E-state index < -0.39 is 17.7 Å². The zero-order valence-electron chi connectivity index (χ0n) is 14.2. The van der Waals surface area contributed by atoms with E-state index in [-0.39, 0.29) is 24.3 Å². The molecule has 5 heteroatoms. The van der Waals surface area contributed by atoms with E-state index in [9.17, 15) is 13.9 Å². The highest BCUT2D eigenvalue weighted by Crippen LogP contribution is 2.25. The molecule has 1 fully saturated rings. The first kappa shape index (κ1) is 17.8. The molecule has 2 aromatic rings. The standard InChI is InChI=1S/C20H23F2NO2/c1-13-5-2-7-15(11-13)25-18-10-4-9-17(20(18)24)23-12-14-6-3-8-16(21)19(14)22/h2-3,5-8,11,17-18,20,23-24H,4,9-10,12H2,1H3/t17-,18+,20+/m0/s1. The third-order valence-electron chi connectivity index (χ3n) is 4.66. The Labute approximate surface area is 146 Å². The van der Waals surface area contributed by atoms with Crippen LogP contribution in [0.1, 0.15) is 30.4 Å². The van der Waals surface area contributed by atoms with E-state index in [0.29, 0.717) is 0 Å². The van der Waals surface area contributed by atoms with Crippen LogP contribution >= 0.6 is 0 Å². The number of aliphatic hydroxyl groups is 1. The van der Waals surface area contributed by atoms with Gasteiger partial charge in [-0.3, -0.25) is 0 Å². The lowest BCUT2D eigenvalue weighted by molar-refractivity contribution is -0.0158. The highest BCUT2D eigenvalue weighted by atomic mass is 19.2. The number of hydrogen-bond acceptors (Lipinski definition) is 3. The lowest BCUT2D eigenvalue weighted by Crippen LogP contribution is -2.51. The maximum atomic E-state index is 13.8. The van der Waals surface area contributed by atoms with Gasteiger partial charge in [0.1, 0.15) is 18.0 Å². The Bertz CT molecular complexity index is 723. The summed E-state index contributed by atoms with van der Waals surface area (Å²) in [5.41, 5.74) is 1.35. The fourth-order valence-corrected chi connectivity index (χ4v) is 3.28. The van der Waals surface area contributed by atoms with Crippen LogP contribution in [0.4, 0.5) is 8.78 Å². The van der Waals surface area contributed by atoms with Gasteiger partial charge in [0.15, 0.2) is 11.6 Å². The molecule has 0 amide bonds. The molecular formula is C20H23F2NO2. The van der Waals surface area contributed by atoms with Gasteiger partial charge in [-0.1, -0.05) is 24.3 Å². The molecule has 0 radical (unpaired) electrons. The van der Waals surface area contributed by atoms with Gasteiger partial charge in [-0.2, -0.15) is 0 Å². The van der Waals surface area contributed by atoms with Crippen LogP contribution in [0.2, 0.25) is 0 Å². The van der Waals surface area contributed by atoms with Crippen molar-refractivity contribution in [3.8, 4) is 5.75 Å². The van der Waals surface area contributed by atoms with Crippen LogP contribution in [0.25, 0.3) is 0 Å². The molecule has 25 heavy (non-hydrogen) atoms. The number of rotatable bonds is 5. The van der Waals surface area contributed by atoms with Gasteiger partial charge >= 0.3 is 0 Å². The lowest BCUT2D eigenvalue weighted by Gasteiger charge is -2.35. The zero-order valence-corrected chi connectivity index (χ0v) is 14.2. The Morgan fingerprint density at radius 1 is 1.16 bits per heavy atom. The van der Waals surface area contributed by atoms with Crippen molar-refractivity contribution in [1.82, 2.24) is 5.32 Å². The first-order valence-electron chi connectivity index (χ1n) is 8.62. The van der Waals surface area contributed by atoms with Crippen molar-refractivity contribution in [2.24, 2.45) is 0 Å². The Hall–Kier alpha value is -1.98. The summed E-state index contributed by atoms with van der Waals surface area (Å²) in [7, 11) is 0. The molecule has 0 bridgehead atoms. The van der Waals surface area contributed by atoms with E-state index in [0.717, 1.165) is 36.6 Å². The summed E-state index contributed by atoms with van der Waals surface area (Å²) in [4.78, 5) is 0. The average molecular weight is 347 g/mol. The highest BCUT2D eigenvalue weighted by molar-refractivity contribution is 5.27. The monoisotopic (exact) mass is 347 g/mol. The van der Waals surface area contributed by atoms with Crippen LogP contribution in [0, 0.1) is 18.6 Å². The molecule has 0 spiro atoms. The average Bonchev–Trinajstić information content (AvgIpc) is 2.59. The van der Waals surface area contributed by atoms with Gasteiger partial charge < -0.3 is 15.2 Å². The number of halogens is 2. The summed E-state index contributed by atoms with van der Waals surface area (Å²) in [5.74, 6) is -0.960. The molecule has 0 saturated heterocycles. The molecule has 0 heterocycles. The number of aryl methyl sites for hydroxylation is 1. The van der Waals surface area contributed by atoms with Gasteiger partial charge in [0, 0.05) is 18.2 Å². The predicted molar refractivity (Wildman–Crippen MR) is 92.4 cm³/mol. The van der Waals surface area contributed by atoms with Crippen molar-refractivity contribution in [3.63, 3.8) is 0 Å². The summed E-state index contributed by atoms with van der Waals surface area (Å²) in [6.07, 6.45) is 1.42. The summed E-state index contributed by atoms with van der Waals surface area (Å²) < 4.78 is 33.0. The molecule has 134 valence electrons. The second-order valence-electron chi connectivity index (χ2n) is 6.59. The van der Waals surface area contributed by atoms with Crippen LogP contribution < -0.4 is 10.1 Å². The lowest BCUT2D eigenvalue weighted by atomic mass is 9.89. The third-order valence-corrected chi connectivity index (χ3v) is 4.66. The molecule has 1 aliphatic rings. The molecule has 2 aromatic carbocycles. The van der Waals surface area contributed by atoms with E-state index in [1.807, 2.05) is 31.2 Å². The predicted octanol–water partition coefficient (Wildman–Crippen LogP) is 3.72. The fraction of sp³-hybridized carbons (Fsp3) is 0.400. The second-order valence-corrected chi connectivity index (χ2v) is 6.59. The van der Waals surface area contributed by atoms with Crippen molar-refractivity contribution >= 4 is 0 Å². The van der Waals surface area contributed by atoms with E-state index in [1.54, 1.807) is 6.07 Å². The molecule has 3 atom stereocenters. The molecule has 0 aromatic heterocycles. The topological polar surface area (TPSA) is 41.5 Å². The molecule has 3 nitrogen and oxygen atoms in total. The maximum absolute atomic E-state index is 13.8. The maximum Gasteiger partial charge on any atom is 0.163 e. The van der Waals surface area contributed by atoms with Crippen molar-refractivity contribution in [2.45, 2.75) is 51.0 Å². The Kier molecular flexibility index (Phi) is 5.66. The normalized spacial score (nSPS) is 23.4. The Balaban J connectivity index is 1.61. The highest BCUT2D eigenvalue weighted by Gasteiger charge is 2.33. The summed E-state index contributed by atoms with van der Waals surface area (Å²) in [6.45, 7) is 2.16. The first-order valence-corrected chi connectivity index (χ1v) is 8.62. The SMILES string of the molecule is Cc1cccc(O[C@@H]2CCC[C@H](NCc3cccc(F)c3F)[C@H]2O)c1. The first-order chi connectivity index (χ1) is 12.0. The zero-order chi connectivity index (χ0) is 17.8. The molecule has 2 N–H and O–H groups in total. The summed E-state index contributed by atoms with van der Waals surface area (Å²) >= 11 is 0. The molecule has 1 saturated carbocycles. The van der Waals surface area contributed by atoms with Crippen LogP contribution in [-0.4, -0.2) is 23.4 Å². The Morgan fingerprint density at radius 2 is 1.96 bits per heavy atom. The number of ether oxygens (including phenoxy) is 1. The molecule has 3 rings (SSSR count). The fourth-order valence-electron chi connectivity index (χ4n) is 3.28. The number of hydrogen-bond donors (Lipinski definition) is 2. The molecule has 0 aliphatic heterocycles. The van der Waals surface area contributed by atoms with Crippen molar-refractivity contribution < 1.29 is 18.6 Å². The van der Waals surface area contributed by atoms with Gasteiger partial charge in [-0.05, 0) is 49.9 Å². The quantitative estimate of drug-likeness (QED) is 0.866. The minimum atomic E-state index is -0.857. The van der Waals surface area contributed by atoms with E-state index >= 15 is 0 Å². The van der Waals surface area contributed by atoms with E-state index in [4.69, 9.17) is 4.74 Å². The van der Waals surface area contributed by atoms with Gasteiger partial charge in [0.25, 0.3) is 0 Å². The number of nitrogens with one attached hydrogen (secondary N) is 1. The summed E-state index contributed by atoms with van der Waals surface area (Å²) in [6, 6.07) is 11.6. The van der Waals surface area contributed by atoms with Gasteiger partial charge in [0.05, 0.1) is 0 Å². The van der Waals surface area contributed by atoms with E-state index in [1.165, 1.54) is 6.07 Å². The second kappa shape index (κ2) is 7.93. The van der Waals surface area contributed by atoms with Crippen LogP contribution in [0.3, 0.4) is 0 Å². The Morgan fingerprint density at radius 3 is 2.76 bits per heavy atom. The third kappa shape index (κ3) is 4.35. The van der Waals surface area contributed by atoms with Crippen molar-refractivity contribution in [2.75, 3.05) is 0 Å². The van der Waals surface area contributed by atoms with Crippen LogP contribution in [-0.2, 0) is 6.54 Å². The minimum absolute atomic E-state index is 0.169. The largest absolute Gasteiger partial charge is 0.488 e. The van der Waals surface area contributed by atoms with Gasteiger partial charge in [-0.15, -0.1) is 0 Å². The number of benzene rings is 2. The van der Waals surface area contributed by atoms with Gasteiger partial charge in [0.2, 0.25) is 0 Å². The van der Waals surface area contributed by atoms with Crippen molar-refractivity contribution in [3.05, 3.63) is 65.2 Å². The molecule has 0 unspecified atom stereocenters. The van der Waals surface area contributed by atoms with E-state index in [2.05, 4.69) is 5.32 Å². The molecular weight excluding hydrogens is 324 g/mol. The smallest absolute Gasteiger partial charge is 0.163 e. The minimum Gasteiger partial charge on any atom is -0.488 e. The van der Waals surface area contributed by atoms with Crippen LogP contribution in [0.15, 0.2) is 42.5 Å². The summed E-state index contributed by atoms with van der Waals surface area (Å²) in [5, 5.41) is 13.8. The van der Waals surface area contributed by atoms with Gasteiger partial charge in [-0.25, -0.2) is 8.78 Å². The van der Waals surface area contributed by atoms with Crippen molar-refractivity contribution in [1.29, 1.82) is 0 Å². The number of aliphatic hydroxyl groups excluding tert-OH is 1.